The Morgan fingerprint density at radius 3 is 2.49 bits per heavy atom. The van der Waals surface area contributed by atoms with Crippen LogP contribution in [0.4, 0.5) is 8.78 Å². The predicted molar refractivity (Wildman–Crippen MR) is 141 cm³/mol. The lowest BCUT2D eigenvalue weighted by Crippen LogP contribution is -2.14. The zero-order chi connectivity index (χ0) is 25.0. The molecule has 2 aromatic carbocycles. The number of nitrogens with one attached hydrogen (secondary N) is 3. The summed E-state index contributed by atoms with van der Waals surface area (Å²) in [7, 11) is 0. The number of hydrogen-bond donors (Lipinski definition) is 3. The van der Waals surface area contributed by atoms with Gasteiger partial charge in [-0.3, -0.25) is 0 Å². The van der Waals surface area contributed by atoms with Crippen LogP contribution in [0.15, 0.2) is 48.7 Å². The van der Waals surface area contributed by atoms with Gasteiger partial charge in [0, 0.05) is 30.0 Å². The average molecular weight is 500 g/mol. The molecule has 0 radical (unpaired) electrons. The summed E-state index contributed by atoms with van der Waals surface area (Å²) in [5.74, 6) is -1.00. The average Bonchev–Trinajstić information content (AvgIpc) is 3.70. The summed E-state index contributed by atoms with van der Waals surface area (Å²) in [4.78, 5) is 16.4. The lowest BCUT2D eigenvalue weighted by molar-refractivity contribution is 0.00756. The number of aromatic nitrogens is 4. The molecule has 1 saturated heterocycles. The maximum Gasteiger partial charge on any atom is 0.248 e. The molecule has 0 amide bonds. The molecule has 0 bridgehead atoms. The SMILES string of the molecule is FC1(F)CC[C@H](c2ncc(-c3ccc(-c4ccc5c(c4)CCCc4[nH]c([C@@H]6CCCN6)nc4-5)cc3)[nH]2)C1. The lowest BCUT2D eigenvalue weighted by atomic mass is 9.95. The number of rotatable bonds is 4. The molecule has 3 aliphatic rings. The third kappa shape index (κ3) is 4.29. The largest absolute Gasteiger partial charge is 0.344 e. The molecule has 3 N–H and O–H groups in total. The smallest absolute Gasteiger partial charge is 0.248 e. The first-order chi connectivity index (χ1) is 18.0. The van der Waals surface area contributed by atoms with E-state index in [1.165, 1.54) is 28.8 Å². The molecule has 0 spiro atoms. The number of H-pyrrole nitrogens is 2. The van der Waals surface area contributed by atoms with Crippen molar-refractivity contribution in [3.05, 3.63) is 71.6 Å². The molecule has 37 heavy (non-hydrogen) atoms. The van der Waals surface area contributed by atoms with E-state index >= 15 is 0 Å². The van der Waals surface area contributed by atoms with Crippen LogP contribution in [0.1, 0.15) is 73.4 Å². The third-order valence-corrected chi connectivity index (χ3v) is 8.34. The van der Waals surface area contributed by atoms with E-state index in [0.29, 0.717) is 18.3 Å². The third-order valence-electron chi connectivity index (χ3n) is 8.34. The van der Waals surface area contributed by atoms with E-state index in [4.69, 9.17) is 4.98 Å². The van der Waals surface area contributed by atoms with Gasteiger partial charge in [0.2, 0.25) is 5.92 Å². The summed E-state index contributed by atoms with van der Waals surface area (Å²) in [6.07, 6.45) is 7.60. The molecular formula is C30H31F2N5. The van der Waals surface area contributed by atoms with Crippen LogP contribution in [0.2, 0.25) is 0 Å². The summed E-state index contributed by atoms with van der Waals surface area (Å²) in [6.45, 7) is 1.07. The molecule has 7 heteroatoms. The minimum Gasteiger partial charge on any atom is -0.344 e. The van der Waals surface area contributed by atoms with Crippen LogP contribution in [-0.2, 0) is 12.8 Å². The van der Waals surface area contributed by atoms with Crippen molar-refractivity contribution in [2.45, 2.75) is 69.2 Å². The Hall–Kier alpha value is -3.32. The number of aryl methyl sites for hydroxylation is 2. The fourth-order valence-corrected chi connectivity index (χ4v) is 6.30. The number of halogens is 2. The highest BCUT2D eigenvalue weighted by Gasteiger charge is 2.41. The Kier molecular flexibility index (Phi) is 5.50. The number of nitrogens with zero attached hydrogens (tertiary/aromatic N) is 2. The van der Waals surface area contributed by atoms with Gasteiger partial charge < -0.3 is 15.3 Å². The van der Waals surface area contributed by atoms with Crippen molar-refractivity contribution in [2.75, 3.05) is 6.54 Å². The maximum absolute atomic E-state index is 13.6. The fraction of sp³-hybridized carbons (Fsp3) is 0.400. The van der Waals surface area contributed by atoms with Gasteiger partial charge in [-0.25, -0.2) is 18.7 Å². The van der Waals surface area contributed by atoms with Crippen LogP contribution < -0.4 is 5.32 Å². The molecule has 0 unspecified atom stereocenters. The van der Waals surface area contributed by atoms with Crippen molar-refractivity contribution in [2.24, 2.45) is 0 Å². The first-order valence-electron chi connectivity index (χ1n) is 13.5. The van der Waals surface area contributed by atoms with E-state index in [9.17, 15) is 8.78 Å². The molecule has 1 saturated carbocycles. The van der Waals surface area contributed by atoms with Gasteiger partial charge in [-0.1, -0.05) is 42.5 Å². The Morgan fingerprint density at radius 2 is 1.70 bits per heavy atom. The zero-order valence-corrected chi connectivity index (χ0v) is 20.8. The normalized spacial score (nSPS) is 22.5. The number of hydrogen-bond acceptors (Lipinski definition) is 3. The van der Waals surface area contributed by atoms with E-state index in [2.05, 4.69) is 62.7 Å². The molecular weight excluding hydrogens is 468 g/mol. The molecule has 2 aliphatic carbocycles. The first-order valence-corrected chi connectivity index (χ1v) is 13.5. The molecule has 190 valence electrons. The van der Waals surface area contributed by atoms with Gasteiger partial charge in [-0.15, -0.1) is 0 Å². The summed E-state index contributed by atoms with van der Waals surface area (Å²) in [6, 6.07) is 15.5. The first kappa shape index (κ1) is 22.8. The fourth-order valence-electron chi connectivity index (χ4n) is 6.30. The van der Waals surface area contributed by atoms with Gasteiger partial charge >= 0.3 is 0 Å². The van der Waals surface area contributed by atoms with E-state index < -0.39 is 5.92 Å². The second-order valence-corrected chi connectivity index (χ2v) is 10.9. The van der Waals surface area contributed by atoms with Crippen LogP contribution in [-0.4, -0.2) is 32.4 Å². The number of alkyl halides is 2. The second kappa shape index (κ2) is 8.91. The van der Waals surface area contributed by atoms with Crippen LogP contribution in [0.5, 0.6) is 0 Å². The Morgan fingerprint density at radius 1 is 0.865 bits per heavy atom. The number of imidazole rings is 2. The Balaban J connectivity index is 1.13. The van der Waals surface area contributed by atoms with E-state index in [1.807, 2.05) is 0 Å². The van der Waals surface area contributed by atoms with Crippen molar-refractivity contribution >= 4 is 0 Å². The molecule has 2 aromatic heterocycles. The van der Waals surface area contributed by atoms with Crippen molar-refractivity contribution < 1.29 is 8.78 Å². The summed E-state index contributed by atoms with van der Waals surface area (Å²) >= 11 is 0. The highest BCUT2D eigenvalue weighted by molar-refractivity contribution is 5.75. The van der Waals surface area contributed by atoms with Gasteiger partial charge in [0.15, 0.2) is 0 Å². The van der Waals surface area contributed by atoms with Crippen LogP contribution >= 0.6 is 0 Å². The summed E-state index contributed by atoms with van der Waals surface area (Å²) in [5.41, 5.74) is 9.21. The van der Waals surface area contributed by atoms with E-state index in [0.717, 1.165) is 60.6 Å². The van der Waals surface area contributed by atoms with E-state index in [1.54, 1.807) is 6.20 Å². The molecule has 3 heterocycles. The number of fused-ring (bicyclic) bond motifs is 3. The quantitative estimate of drug-likeness (QED) is 0.285. The molecule has 5 nitrogen and oxygen atoms in total. The van der Waals surface area contributed by atoms with Gasteiger partial charge in [-0.2, -0.15) is 0 Å². The summed E-state index contributed by atoms with van der Waals surface area (Å²) in [5, 5.41) is 3.56. The number of aromatic amines is 2. The van der Waals surface area contributed by atoms with Crippen LogP contribution in [0, 0.1) is 0 Å². The van der Waals surface area contributed by atoms with Crippen LogP contribution in [0.3, 0.4) is 0 Å². The van der Waals surface area contributed by atoms with E-state index in [-0.39, 0.29) is 18.8 Å². The minimum absolute atomic E-state index is 0.0521. The molecule has 7 rings (SSSR count). The van der Waals surface area contributed by atoms with Crippen molar-refractivity contribution in [3.63, 3.8) is 0 Å². The molecule has 1 aliphatic heterocycles. The summed E-state index contributed by atoms with van der Waals surface area (Å²) < 4.78 is 27.3. The minimum atomic E-state index is -2.57. The second-order valence-electron chi connectivity index (χ2n) is 10.9. The highest BCUT2D eigenvalue weighted by atomic mass is 19.3. The van der Waals surface area contributed by atoms with Gasteiger partial charge in [0.25, 0.3) is 0 Å². The molecule has 2 atom stereocenters. The van der Waals surface area contributed by atoms with Gasteiger partial charge in [-0.05, 0) is 67.3 Å². The van der Waals surface area contributed by atoms with Gasteiger partial charge in [0.1, 0.15) is 11.6 Å². The topological polar surface area (TPSA) is 69.4 Å². The van der Waals surface area contributed by atoms with Crippen molar-refractivity contribution in [1.82, 2.24) is 25.3 Å². The van der Waals surface area contributed by atoms with Crippen LogP contribution in [0.25, 0.3) is 33.6 Å². The van der Waals surface area contributed by atoms with Crippen molar-refractivity contribution in [1.29, 1.82) is 0 Å². The standard InChI is InChI=1S/C30H31F2N5/c31-30(32)13-12-22(16-30)28-34-17-26(36-28)19-8-6-18(7-9-19)20-10-11-23-21(15-20)3-1-4-24-27(23)37-29(35-24)25-5-2-14-33-25/h6-11,15,17,22,25,33H,1-5,12-14,16H2,(H,34,36)(H,35,37)/t22-,25-/m0/s1. The highest BCUT2D eigenvalue weighted by Crippen LogP contribution is 2.43. The predicted octanol–water partition coefficient (Wildman–Crippen LogP) is 6.95. The van der Waals surface area contributed by atoms with Gasteiger partial charge in [0.05, 0.1) is 23.6 Å². The maximum atomic E-state index is 13.6. The zero-order valence-electron chi connectivity index (χ0n) is 20.8. The van der Waals surface area contributed by atoms with Crippen molar-refractivity contribution in [3.8, 4) is 33.6 Å². The Labute approximate surface area is 215 Å². The lowest BCUT2D eigenvalue weighted by Gasteiger charge is -2.10. The molecule has 4 aromatic rings. The number of benzene rings is 2. The molecule has 2 fully saturated rings. The monoisotopic (exact) mass is 499 g/mol. The Bertz CT molecular complexity index is 1430.